The number of rotatable bonds is 8. The smallest absolute Gasteiger partial charge is 0.286 e. The van der Waals surface area contributed by atoms with Gasteiger partial charge in [-0.3, -0.25) is 5.41 Å². The van der Waals surface area contributed by atoms with E-state index in [1.807, 2.05) is 22.9 Å². The van der Waals surface area contributed by atoms with Gasteiger partial charge < -0.3 is 25.5 Å². The van der Waals surface area contributed by atoms with Gasteiger partial charge in [0.2, 0.25) is 16.0 Å². The van der Waals surface area contributed by atoms with Gasteiger partial charge in [-0.05, 0) is 36.7 Å². The van der Waals surface area contributed by atoms with Crippen molar-refractivity contribution in [3.05, 3.63) is 24.0 Å². The minimum Gasteiger partial charge on any atom is -0.378 e. The normalized spacial score (nSPS) is 17.4. The summed E-state index contributed by atoms with van der Waals surface area (Å²) in [7, 11) is -2.36. The van der Waals surface area contributed by atoms with Crippen LogP contribution in [0.3, 0.4) is 0 Å². The summed E-state index contributed by atoms with van der Waals surface area (Å²) in [4.78, 5) is 7.78. The van der Waals surface area contributed by atoms with Gasteiger partial charge in [0.25, 0.3) is 6.43 Å². The van der Waals surface area contributed by atoms with E-state index in [2.05, 4.69) is 19.9 Å². The van der Waals surface area contributed by atoms with Crippen LogP contribution in [-0.4, -0.2) is 77.8 Å². The van der Waals surface area contributed by atoms with Crippen LogP contribution >= 0.6 is 11.8 Å². The molecule has 0 bridgehead atoms. The zero-order chi connectivity index (χ0) is 27.7. The Morgan fingerprint density at radius 3 is 2.53 bits per heavy atom. The molecule has 1 aliphatic heterocycles. The first-order valence-electron chi connectivity index (χ1n) is 11.3. The number of nitrogens with one attached hydrogen (secondary N) is 3. The molecule has 1 aromatic carbocycles. The summed E-state index contributed by atoms with van der Waals surface area (Å²) in [6, 6.07) is 4.56. The topological polar surface area (TPSA) is 193 Å². The maximum atomic E-state index is 13.2. The number of amidine groups is 1. The number of halogens is 2. The predicted octanol–water partition coefficient (Wildman–Crippen LogP) is 1.64. The standard InChI is InChI=1S/C21H25F2N11O2S2.H2/c1-32-12-28-30-20(32)34-6-4-33(5-7-34)16-9-13(38(35,36)31-21(11-25)2-3-21)8-15(14(16)10-24)29-19(27)37-18(26)17(22)23;/h8-10,12,17,24,26,31H,2-7H2,1H3,(H2,27,29);1H. The van der Waals surface area contributed by atoms with Crippen molar-refractivity contribution in [2.24, 2.45) is 17.8 Å². The first kappa shape index (κ1) is 27.4. The lowest BCUT2D eigenvalue weighted by Gasteiger charge is -2.37. The van der Waals surface area contributed by atoms with Crippen molar-refractivity contribution < 1.29 is 18.6 Å². The number of hydrogen-bond donors (Lipinski definition) is 4. The minimum atomic E-state index is -4.19. The first-order chi connectivity index (χ1) is 18.0. The van der Waals surface area contributed by atoms with E-state index in [0.29, 0.717) is 50.7 Å². The first-order valence-corrected chi connectivity index (χ1v) is 13.6. The van der Waals surface area contributed by atoms with E-state index in [-0.39, 0.29) is 29.3 Å². The van der Waals surface area contributed by atoms with Gasteiger partial charge in [0.1, 0.15) is 16.9 Å². The van der Waals surface area contributed by atoms with Crippen molar-refractivity contribution >= 4 is 55.5 Å². The van der Waals surface area contributed by atoms with Gasteiger partial charge in [-0.1, -0.05) is 0 Å². The number of hydrogen-bond acceptors (Lipinski definition) is 11. The van der Waals surface area contributed by atoms with Crippen molar-refractivity contribution in [2.45, 2.75) is 29.7 Å². The molecular formula is C21H27F2N11O2S2. The van der Waals surface area contributed by atoms with E-state index < -0.39 is 32.2 Å². The van der Waals surface area contributed by atoms with Crippen LogP contribution in [0.1, 0.15) is 19.8 Å². The predicted molar refractivity (Wildman–Crippen MR) is 142 cm³/mol. The fraction of sp³-hybridized carbons (Fsp3) is 0.429. The van der Waals surface area contributed by atoms with E-state index in [9.17, 15) is 22.5 Å². The number of benzene rings is 1. The van der Waals surface area contributed by atoms with E-state index in [0.717, 1.165) is 6.21 Å². The molecular weight excluding hydrogens is 540 g/mol. The van der Waals surface area contributed by atoms with Crippen LogP contribution in [0, 0.1) is 22.1 Å². The van der Waals surface area contributed by atoms with Crippen molar-refractivity contribution in [3.8, 4) is 6.07 Å². The molecule has 4 rings (SSSR count). The molecule has 2 fully saturated rings. The van der Waals surface area contributed by atoms with E-state index >= 15 is 0 Å². The van der Waals surface area contributed by atoms with Gasteiger partial charge in [-0.15, -0.1) is 10.2 Å². The van der Waals surface area contributed by atoms with Crippen LogP contribution < -0.4 is 20.3 Å². The molecule has 2 aromatic rings. The second kappa shape index (κ2) is 10.6. The zero-order valence-electron chi connectivity index (χ0n) is 20.2. The molecule has 1 saturated carbocycles. The number of thioether (sulfide) groups is 1. The van der Waals surface area contributed by atoms with E-state index in [1.54, 1.807) is 10.9 Å². The summed E-state index contributed by atoms with van der Waals surface area (Å²) >= 11 is 0.243. The third-order valence-electron chi connectivity index (χ3n) is 6.09. The number of sulfonamides is 1. The number of nitrogens with two attached hydrogens (primary N) is 1. The Balaban J connectivity index is 0.00000420. The summed E-state index contributed by atoms with van der Waals surface area (Å²) < 4.78 is 56.4. The fourth-order valence-corrected chi connectivity index (χ4v) is 5.82. The van der Waals surface area contributed by atoms with E-state index in [4.69, 9.17) is 16.6 Å². The number of anilines is 2. The lowest BCUT2D eigenvalue weighted by molar-refractivity contribution is 0.228. The maximum absolute atomic E-state index is 13.2. The Kier molecular flexibility index (Phi) is 7.67. The van der Waals surface area contributed by atoms with Gasteiger partial charge in [0.15, 0.2) is 5.17 Å². The molecule has 13 nitrogen and oxygen atoms in total. The molecule has 1 saturated heterocycles. The molecule has 2 heterocycles. The van der Waals surface area contributed by atoms with Crippen LogP contribution in [0.2, 0.25) is 0 Å². The summed E-state index contributed by atoms with van der Waals surface area (Å²) in [6.07, 6.45) is 0.282. The number of nitrogens with zero attached hydrogens (tertiary/aromatic N) is 7. The lowest BCUT2D eigenvalue weighted by Crippen LogP contribution is -2.47. The number of aliphatic imine (C=N–C) groups is 1. The van der Waals surface area contributed by atoms with Gasteiger partial charge in [0.05, 0.1) is 16.7 Å². The second-order valence-corrected chi connectivity index (χ2v) is 11.5. The van der Waals surface area contributed by atoms with Crippen LogP contribution in [0.4, 0.5) is 26.1 Å². The molecule has 17 heteroatoms. The number of piperazine rings is 1. The average molecular weight is 568 g/mol. The Morgan fingerprint density at radius 1 is 1.34 bits per heavy atom. The van der Waals surface area contributed by atoms with Gasteiger partial charge >= 0.3 is 0 Å². The molecule has 1 aliphatic carbocycles. The quantitative estimate of drug-likeness (QED) is 0.271. The van der Waals surface area contributed by atoms with Gasteiger partial charge in [0, 0.05) is 52.1 Å². The van der Waals surface area contributed by atoms with Crippen LogP contribution in [0.5, 0.6) is 0 Å². The Hall–Kier alpha value is -3.62. The highest BCUT2D eigenvalue weighted by Crippen LogP contribution is 2.38. The third kappa shape index (κ3) is 5.76. The fourth-order valence-electron chi connectivity index (χ4n) is 3.94. The molecule has 0 unspecified atom stereocenters. The van der Waals surface area contributed by atoms with Crippen molar-refractivity contribution in [2.75, 3.05) is 36.0 Å². The molecule has 0 atom stereocenters. The SMILES string of the molecule is Cn1cnnc1N1CCN(c2cc(S(=O)(=O)NC3(C#N)CC3)cc(N=C(N)SC(=N)C(F)F)c2C=N)CC1.[HH]. The highest BCUT2D eigenvalue weighted by Gasteiger charge is 2.47. The molecule has 2 aliphatic rings. The number of aromatic nitrogens is 3. The van der Waals surface area contributed by atoms with Gasteiger partial charge in [-0.25, -0.2) is 22.2 Å². The van der Waals surface area contributed by atoms with Crippen molar-refractivity contribution in [1.29, 1.82) is 16.1 Å². The lowest BCUT2D eigenvalue weighted by atomic mass is 10.1. The molecule has 1 aromatic heterocycles. The van der Waals surface area contributed by atoms with Gasteiger partial charge in [-0.2, -0.15) is 9.98 Å². The number of alkyl halides is 2. The third-order valence-corrected chi connectivity index (χ3v) is 8.31. The molecule has 0 radical (unpaired) electrons. The Morgan fingerprint density at radius 2 is 2.00 bits per heavy atom. The second-order valence-electron chi connectivity index (χ2n) is 8.75. The average Bonchev–Trinajstić information content (AvgIpc) is 3.51. The summed E-state index contributed by atoms with van der Waals surface area (Å²) in [5.41, 5.74) is 5.19. The largest absolute Gasteiger partial charge is 0.378 e. The summed E-state index contributed by atoms with van der Waals surface area (Å²) in [6.45, 7) is 1.93. The monoisotopic (exact) mass is 567 g/mol. The highest BCUT2D eigenvalue weighted by atomic mass is 32.2. The van der Waals surface area contributed by atoms with Crippen molar-refractivity contribution in [3.63, 3.8) is 0 Å². The van der Waals surface area contributed by atoms with Crippen LogP contribution in [-0.2, 0) is 17.1 Å². The van der Waals surface area contributed by atoms with Crippen LogP contribution in [0.25, 0.3) is 0 Å². The summed E-state index contributed by atoms with van der Waals surface area (Å²) in [5, 5.41) is 31.3. The molecule has 38 heavy (non-hydrogen) atoms. The Labute approximate surface area is 223 Å². The molecule has 5 N–H and O–H groups in total. The minimum absolute atomic E-state index is 0. The van der Waals surface area contributed by atoms with Crippen LogP contribution in [0.15, 0.2) is 28.3 Å². The summed E-state index contributed by atoms with van der Waals surface area (Å²) in [5.74, 6) is 0.681. The van der Waals surface area contributed by atoms with E-state index in [1.165, 1.54) is 12.1 Å². The molecule has 0 spiro atoms. The number of nitriles is 1. The Bertz CT molecular complexity index is 1430. The zero-order valence-corrected chi connectivity index (χ0v) is 21.9. The van der Waals surface area contributed by atoms with Crippen molar-refractivity contribution in [1.82, 2.24) is 19.5 Å². The number of aryl methyl sites for hydroxylation is 1. The maximum Gasteiger partial charge on any atom is 0.286 e. The highest BCUT2D eigenvalue weighted by molar-refractivity contribution is 8.26. The molecule has 0 amide bonds. The molecule has 204 valence electrons.